The summed E-state index contributed by atoms with van der Waals surface area (Å²) < 4.78 is 8.18. The van der Waals surface area contributed by atoms with Crippen LogP contribution in [0.1, 0.15) is 12.8 Å². The van der Waals surface area contributed by atoms with Gasteiger partial charge in [-0.2, -0.15) is 0 Å². The van der Waals surface area contributed by atoms with E-state index in [2.05, 4.69) is 22.8 Å². The standard InChI is InChI=1S/C13H14N2O2S2/c16-12-15(8-13(17-12)2-4-14-5-3-13)11-7-10-9(19-11)1-6-18-10/h1,6-7,14H,2-5,8H2. The molecule has 19 heavy (non-hydrogen) atoms. The first kappa shape index (κ1) is 11.7. The Bertz CT molecular complexity index is 599. The normalized spacial score (nSPS) is 22.3. The summed E-state index contributed by atoms with van der Waals surface area (Å²) in [5.74, 6) is 0. The fourth-order valence-corrected chi connectivity index (χ4v) is 4.91. The van der Waals surface area contributed by atoms with Crippen LogP contribution in [0, 0.1) is 0 Å². The first-order valence-corrected chi connectivity index (χ1v) is 8.14. The SMILES string of the molecule is O=C1OC2(CCNCC2)CN1c1cc2sccc2s1. The molecule has 0 saturated carbocycles. The Labute approximate surface area is 119 Å². The van der Waals surface area contributed by atoms with Gasteiger partial charge in [-0.3, -0.25) is 4.90 Å². The summed E-state index contributed by atoms with van der Waals surface area (Å²) in [6, 6.07) is 4.21. The fraction of sp³-hybridized carbons (Fsp3) is 0.462. The number of fused-ring (bicyclic) bond motifs is 1. The molecule has 4 heterocycles. The number of carbonyl (C=O) groups excluding carboxylic acids is 1. The molecular weight excluding hydrogens is 280 g/mol. The van der Waals surface area contributed by atoms with E-state index in [4.69, 9.17) is 4.74 Å². The van der Waals surface area contributed by atoms with E-state index >= 15 is 0 Å². The molecule has 0 atom stereocenters. The monoisotopic (exact) mass is 294 g/mol. The molecule has 2 aliphatic heterocycles. The predicted molar refractivity (Wildman–Crippen MR) is 78.4 cm³/mol. The molecule has 1 spiro atoms. The molecule has 2 aromatic heterocycles. The van der Waals surface area contributed by atoms with Crippen molar-refractivity contribution in [2.24, 2.45) is 0 Å². The van der Waals surface area contributed by atoms with Crippen LogP contribution in [0.5, 0.6) is 0 Å². The molecule has 2 saturated heterocycles. The van der Waals surface area contributed by atoms with Gasteiger partial charge in [0.15, 0.2) is 0 Å². The Morgan fingerprint density at radius 1 is 1.32 bits per heavy atom. The molecule has 0 aromatic carbocycles. The summed E-state index contributed by atoms with van der Waals surface area (Å²) in [5, 5.41) is 6.42. The minimum Gasteiger partial charge on any atom is -0.441 e. The predicted octanol–water partition coefficient (Wildman–Crippen LogP) is 3.04. The maximum atomic E-state index is 12.1. The van der Waals surface area contributed by atoms with Crippen LogP contribution in [0.15, 0.2) is 17.5 Å². The number of nitrogens with zero attached hydrogens (tertiary/aromatic N) is 1. The van der Waals surface area contributed by atoms with Gasteiger partial charge in [-0.25, -0.2) is 4.79 Å². The molecule has 0 aliphatic carbocycles. The molecule has 1 N–H and O–H groups in total. The van der Waals surface area contributed by atoms with Crippen molar-refractivity contribution in [1.82, 2.24) is 5.32 Å². The van der Waals surface area contributed by atoms with Crippen LogP contribution in [0.25, 0.3) is 9.40 Å². The van der Waals surface area contributed by atoms with Crippen LogP contribution < -0.4 is 10.2 Å². The van der Waals surface area contributed by atoms with E-state index in [1.165, 1.54) is 9.40 Å². The minimum atomic E-state index is -0.264. The molecule has 0 bridgehead atoms. The van der Waals surface area contributed by atoms with Crippen molar-refractivity contribution < 1.29 is 9.53 Å². The molecule has 0 radical (unpaired) electrons. The number of amides is 1. The third-order valence-electron chi connectivity index (χ3n) is 3.88. The van der Waals surface area contributed by atoms with Crippen molar-refractivity contribution in [2.75, 3.05) is 24.5 Å². The van der Waals surface area contributed by atoms with E-state index in [1.807, 2.05) is 4.90 Å². The molecule has 4 rings (SSSR count). The van der Waals surface area contributed by atoms with E-state index in [0.717, 1.165) is 30.9 Å². The highest BCUT2D eigenvalue weighted by molar-refractivity contribution is 7.29. The molecule has 100 valence electrons. The average Bonchev–Trinajstić information content (AvgIpc) is 3.03. The number of hydrogen-bond donors (Lipinski definition) is 1. The largest absolute Gasteiger partial charge is 0.441 e. The number of thiophene rings is 2. The molecule has 2 aliphatic rings. The molecule has 1 amide bonds. The Balaban J connectivity index is 1.64. The van der Waals surface area contributed by atoms with Crippen LogP contribution in [0.3, 0.4) is 0 Å². The van der Waals surface area contributed by atoms with Gasteiger partial charge in [0.2, 0.25) is 0 Å². The smallest absolute Gasteiger partial charge is 0.415 e. The Morgan fingerprint density at radius 2 is 2.16 bits per heavy atom. The first-order valence-electron chi connectivity index (χ1n) is 6.44. The van der Waals surface area contributed by atoms with Crippen molar-refractivity contribution in [2.45, 2.75) is 18.4 Å². The minimum absolute atomic E-state index is 0.184. The number of carbonyl (C=O) groups is 1. The molecule has 2 fully saturated rings. The van der Waals surface area contributed by atoms with E-state index < -0.39 is 0 Å². The summed E-state index contributed by atoms with van der Waals surface area (Å²) in [6.45, 7) is 2.56. The van der Waals surface area contributed by atoms with Gasteiger partial charge in [-0.15, -0.1) is 22.7 Å². The molecular formula is C13H14N2O2S2. The van der Waals surface area contributed by atoms with Gasteiger partial charge < -0.3 is 10.1 Å². The second kappa shape index (κ2) is 4.19. The van der Waals surface area contributed by atoms with Crippen molar-refractivity contribution in [3.05, 3.63) is 17.5 Å². The van der Waals surface area contributed by atoms with Crippen LogP contribution in [-0.4, -0.2) is 31.3 Å². The number of hydrogen-bond acceptors (Lipinski definition) is 5. The number of ether oxygens (including phenoxy) is 1. The van der Waals surface area contributed by atoms with E-state index in [1.54, 1.807) is 22.7 Å². The number of rotatable bonds is 1. The first-order chi connectivity index (χ1) is 9.26. The van der Waals surface area contributed by atoms with Gasteiger partial charge in [0, 0.05) is 22.2 Å². The highest BCUT2D eigenvalue weighted by atomic mass is 32.1. The maximum Gasteiger partial charge on any atom is 0.415 e. The van der Waals surface area contributed by atoms with Crippen molar-refractivity contribution in [3.8, 4) is 0 Å². The van der Waals surface area contributed by atoms with Gasteiger partial charge in [-0.1, -0.05) is 0 Å². The molecule has 4 nitrogen and oxygen atoms in total. The van der Waals surface area contributed by atoms with Gasteiger partial charge in [-0.05, 0) is 30.6 Å². The number of anilines is 1. The average molecular weight is 294 g/mol. The topological polar surface area (TPSA) is 41.6 Å². The zero-order valence-electron chi connectivity index (χ0n) is 10.3. The van der Waals surface area contributed by atoms with Gasteiger partial charge in [0.1, 0.15) is 10.6 Å². The molecule has 2 aromatic rings. The second-order valence-corrected chi connectivity index (χ2v) is 7.13. The summed E-state index contributed by atoms with van der Waals surface area (Å²) >= 11 is 3.39. The van der Waals surface area contributed by atoms with Crippen molar-refractivity contribution in [3.63, 3.8) is 0 Å². The molecule has 0 unspecified atom stereocenters. The van der Waals surface area contributed by atoms with E-state index in [9.17, 15) is 4.79 Å². The number of piperidine rings is 1. The summed E-state index contributed by atoms with van der Waals surface area (Å²) in [7, 11) is 0. The van der Waals surface area contributed by atoms with Gasteiger partial charge >= 0.3 is 6.09 Å². The Hall–Kier alpha value is -1.11. The second-order valence-electron chi connectivity index (χ2n) is 5.12. The zero-order chi connectivity index (χ0) is 12.9. The zero-order valence-corrected chi connectivity index (χ0v) is 12.0. The fourth-order valence-electron chi connectivity index (χ4n) is 2.82. The van der Waals surface area contributed by atoms with E-state index in [0.29, 0.717) is 6.54 Å². The van der Waals surface area contributed by atoms with Crippen LogP contribution >= 0.6 is 22.7 Å². The van der Waals surface area contributed by atoms with Crippen molar-refractivity contribution >= 4 is 43.2 Å². The van der Waals surface area contributed by atoms with Crippen LogP contribution in [-0.2, 0) is 4.74 Å². The van der Waals surface area contributed by atoms with E-state index in [-0.39, 0.29) is 11.7 Å². The Morgan fingerprint density at radius 3 is 2.95 bits per heavy atom. The summed E-state index contributed by atoms with van der Waals surface area (Å²) in [6.07, 6.45) is 1.64. The summed E-state index contributed by atoms with van der Waals surface area (Å²) in [4.78, 5) is 13.9. The highest BCUT2D eigenvalue weighted by Gasteiger charge is 2.46. The number of nitrogens with one attached hydrogen (secondary N) is 1. The highest BCUT2D eigenvalue weighted by Crippen LogP contribution is 2.40. The van der Waals surface area contributed by atoms with Gasteiger partial charge in [0.05, 0.1) is 6.54 Å². The summed E-state index contributed by atoms with van der Waals surface area (Å²) in [5.41, 5.74) is -0.264. The third-order valence-corrected chi connectivity index (χ3v) is 5.99. The lowest BCUT2D eigenvalue weighted by atomic mass is 9.92. The van der Waals surface area contributed by atoms with Crippen LogP contribution in [0.2, 0.25) is 0 Å². The lowest BCUT2D eigenvalue weighted by Crippen LogP contribution is -2.44. The lowest BCUT2D eigenvalue weighted by molar-refractivity contribution is 0.0316. The lowest BCUT2D eigenvalue weighted by Gasteiger charge is -2.31. The Kier molecular flexibility index (Phi) is 2.58. The quantitative estimate of drug-likeness (QED) is 0.879. The van der Waals surface area contributed by atoms with Crippen molar-refractivity contribution in [1.29, 1.82) is 0 Å². The maximum absolute atomic E-state index is 12.1. The molecule has 6 heteroatoms. The van der Waals surface area contributed by atoms with Crippen LogP contribution in [0.4, 0.5) is 9.80 Å². The third kappa shape index (κ3) is 1.86. The van der Waals surface area contributed by atoms with Gasteiger partial charge in [0.25, 0.3) is 0 Å².